The smallest absolute Gasteiger partial charge is 0.0955 e. The molecule has 3 aromatic rings. The van der Waals surface area contributed by atoms with Crippen LogP contribution in [0.4, 0.5) is 5.69 Å². The topological polar surface area (TPSA) is 38.1 Å². The number of rotatable bonds is 4. The van der Waals surface area contributed by atoms with Gasteiger partial charge in [0.25, 0.3) is 0 Å². The molecule has 2 heterocycles. The number of nitrogens with zero attached hydrogens (tertiary/aromatic N) is 1. The highest BCUT2D eigenvalue weighted by Crippen LogP contribution is 2.25. The Morgan fingerprint density at radius 1 is 1.20 bits per heavy atom. The standard InChI is InChI=1S/C16H16N2OS/c1-11(14-7-8-19-9-14)17-15-5-3-13(4-6-15)16-10-20-12(2)18-16/h3-11,17H,1-2H3. The van der Waals surface area contributed by atoms with Crippen LogP contribution in [-0.4, -0.2) is 4.98 Å². The summed E-state index contributed by atoms with van der Waals surface area (Å²) in [6.45, 7) is 4.14. The minimum Gasteiger partial charge on any atom is -0.472 e. The molecule has 0 saturated heterocycles. The van der Waals surface area contributed by atoms with Crippen molar-refractivity contribution in [2.45, 2.75) is 19.9 Å². The third-order valence-electron chi connectivity index (χ3n) is 3.23. The van der Waals surface area contributed by atoms with Gasteiger partial charge in [-0.1, -0.05) is 12.1 Å². The Morgan fingerprint density at radius 3 is 2.60 bits per heavy atom. The van der Waals surface area contributed by atoms with Gasteiger partial charge in [0, 0.05) is 22.2 Å². The summed E-state index contributed by atoms with van der Waals surface area (Å²) < 4.78 is 5.11. The molecule has 0 amide bonds. The number of anilines is 1. The molecule has 1 aromatic carbocycles. The predicted octanol–water partition coefficient (Wildman–Crippen LogP) is 4.88. The largest absolute Gasteiger partial charge is 0.472 e. The summed E-state index contributed by atoms with van der Waals surface area (Å²) in [4.78, 5) is 4.50. The van der Waals surface area contributed by atoms with E-state index in [9.17, 15) is 0 Å². The Morgan fingerprint density at radius 2 is 2.00 bits per heavy atom. The van der Waals surface area contributed by atoms with E-state index < -0.39 is 0 Å². The second-order valence-corrected chi connectivity index (χ2v) is 5.81. The molecule has 0 radical (unpaired) electrons. The molecule has 0 saturated carbocycles. The van der Waals surface area contributed by atoms with Crippen molar-refractivity contribution in [2.24, 2.45) is 0 Å². The molecule has 1 unspecified atom stereocenters. The lowest BCUT2D eigenvalue weighted by molar-refractivity contribution is 0.562. The van der Waals surface area contributed by atoms with E-state index in [2.05, 4.69) is 46.9 Å². The molecule has 2 aromatic heterocycles. The van der Waals surface area contributed by atoms with Gasteiger partial charge < -0.3 is 9.73 Å². The highest BCUT2D eigenvalue weighted by Gasteiger charge is 2.07. The summed E-state index contributed by atoms with van der Waals surface area (Å²) in [5.41, 5.74) is 4.43. The van der Waals surface area contributed by atoms with Gasteiger partial charge >= 0.3 is 0 Å². The first-order valence-electron chi connectivity index (χ1n) is 6.53. The van der Waals surface area contributed by atoms with Crippen LogP contribution in [0.3, 0.4) is 0 Å². The average molecular weight is 284 g/mol. The van der Waals surface area contributed by atoms with Crippen molar-refractivity contribution in [3.63, 3.8) is 0 Å². The lowest BCUT2D eigenvalue weighted by atomic mass is 10.1. The van der Waals surface area contributed by atoms with Crippen molar-refractivity contribution in [3.8, 4) is 11.3 Å². The van der Waals surface area contributed by atoms with E-state index in [1.807, 2.05) is 13.0 Å². The van der Waals surface area contributed by atoms with Crippen molar-refractivity contribution in [1.82, 2.24) is 4.98 Å². The first kappa shape index (κ1) is 12.9. The third kappa shape index (κ3) is 2.75. The number of thiazole rings is 1. The van der Waals surface area contributed by atoms with Crippen molar-refractivity contribution < 1.29 is 4.42 Å². The maximum absolute atomic E-state index is 5.11. The lowest BCUT2D eigenvalue weighted by Gasteiger charge is -2.13. The Labute approximate surface area is 122 Å². The highest BCUT2D eigenvalue weighted by molar-refractivity contribution is 7.09. The molecule has 0 aliphatic rings. The van der Waals surface area contributed by atoms with Crippen molar-refractivity contribution >= 4 is 17.0 Å². The van der Waals surface area contributed by atoms with Gasteiger partial charge in [-0.2, -0.15) is 0 Å². The predicted molar refractivity (Wildman–Crippen MR) is 83.0 cm³/mol. The molecule has 1 atom stereocenters. The van der Waals surface area contributed by atoms with Crippen LogP contribution in [0.25, 0.3) is 11.3 Å². The minimum atomic E-state index is 0.223. The number of furan rings is 1. The number of nitrogens with one attached hydrogen (secondary N) is 1. The first-order chi connectivity index (χ1) is 9.72. The Balaban J connectivity index is 1.73. The van der Waals surface area contributed by atoms with Gasteiger partial charge in [-0.3, -0.25) is 0 Å². The normalized spacial score (nSPS) is 12.3. The molecule has 102 valence electrons. The zero-order chi connectivity index (χ0) is 13.9. The number of hydrogen-bond acceptors (Lipinski definition) is 4. The highest BCUT2D eigenvalue weighted by atomic mass is 32.1. The van der Waals surface area contributed by atoms with Crippen LogP contribution in [0.15, 0.2) is 52.7 Å². The van der Waals surface area contributed by atoms with Crippen LogP contribution in [0.5, 0.6) is 0 Å². The number of aromatic nitrogens is 1. The molecule has 4 heteroatoms. The van der Waals surface area contributed by atoms with Crippen LogP contribution in [-0.2, 0) is 0 Å². The molecule has 20 heavy (non-hydrogen) atoms. The summed E-state index contributed by atoms with van der Waals surface area (Å²) in [5.74, 6) is 0. The van der Waals surface area contributed by atoms with Gasteiger partial charge in [-0.15, -0.1) is 11.3 Å². The average Bonchev–Trinajstić information content (AvgIpc) is 3.10. The summed E-state index contributed by atoms with van der Waals surface area (Å²) in [6.07, 6.45) is 3.46. The fourth-order valence-corrected chi connectivity index (χ4v) is 2.71. The number of aryl methyl sites for hydroxylation is 1. The molecule has 0 spiro atoms. The van der Waals surface area contributed by atoms with E-state index in [1.54, 1.807) is 23.9 Å². The van der Waals surface area contributed by atoms with E-state index in [4.69, 9.17) is 4.42 Å². The zero-order valence-electron chi connectivity index (χ0n) is 11.5. The number of benzene rings is 1. The van der Waals surface area contributed by atoms with Crippen LogP contribution in [0.1, 0.15) is 23.5 Å². The van der Waals surface area contributed by atoms with Crippen LogP contribution in [0.2, 0.25) is 0 Å². The minimum absolute atomic E-state index is 0.223. The molecule has 3 nitrogen and oxygen atoms in total. The monoisotopic (exact) mass is 284 g/mol. The van der Waals surface area contributed by atoms with Crippen molar-refractivity contribution in [2.75, 3.05) is 5.32 Å². The van der Waals surface area contributed by atoms with Crippen molar-refractivity contribution in [3.05, 3.63) is 58.8 Å². The molecule has 0 bridgehead atoms. The molecule has 0 aliphatic carbocycles. The quantitative estimate of drug-likeness (QED) is 0.741. The van der Waals surface area contributed by atoms with Gasteiger partial charge in [0.15, 0.2) is 0 Å². The molecular weight excluding hydrogens is 268 g/mol. The summed E-state index contributed by atoms with van der Waals surface area (Å²) in [7, 11) is 0. The second kappa shape index (κ2) is 5.51. The van der Waals surface area contributed by atoms with Gasteiger partial charge in [0.1, 0.15) is 0 Å². The van der Waals surface area contributed by atoms with Gasteiger partial charge in [0.2, 0.25) is 0 Å². The van der Waals surface area contributed by atoms with Gasteiger partial charge in [-0.05, 0) is 32.0 Å². The zero-order valence-corrected chi connectivity index (χ0v) is 12.3. The van der Waals surface area contributed by atoms with Crippen molar-refractivity contribution in [1.29, 1.82) is 0 Å². The van der Waals surface area contributed by atoms with Crippen LogP contribution >= 0.6 is 11.3 Å². The summed E-state index contributed by atoms with van der Waals surface area (Å²) in [5, 5.41) is 6.63. The Bertz CT molecular complexity index is 671. The molecular formula is C16H16N2OS. The van der Waals surface area contributed by atoms with Gasteiger partial charge in [-0.25, -0.2) is 4.98 Å². The van der Waals surface area contributed by atoms with E-state index in [-0.39, 0.29) is 6.04 Å². The van der Waals surface area contributed by atoms with Crippen LogP contribution in [0, 0.1) is 6.92 Å². The third-order valence-corrected chi connectivity index (χ3v) is 4.00. The van der Waals surface area contributed by atoms with E-state index in [0.29, 0.717) is 0 Å². The lowest BCUT2D eigenvalue weighted by Crippen LogP contribution is -2.05. The van der Waals surface area contributed by atoms with Crippen LogP contribution < -0.4 is 5.32 Å². The van der Waals surface area contributed by atoms with E-state index in [0.717, 1.165) is 27.5 Å². The van der Waals surface area contributed by atoms with E-state index >= 15 is 0 Å². The Kier molecular flexibility index (Phi) is 3.56. The fraction of sp³-hybridized carbons (Fsp3) is 0.188. The second-order valence-electron chi connectivity index (χ2n) is 4.75. The van der Waals surface area contributed by atoms with Gasteiger partial charge in [0.05, 0.1) is 29.3 Å². The Hall–Kier alpha value is -2.07. The molecule has 0 aliphatic heterocycles. The maximum Gasteiger partial charge on any atom is 0.0955 e. The maximum atomic E-state index is 5.11. The molecule has 3 rings (SSSR count). The van der Waals surface area contributed by atoms with E-state index in [1.165, 1.54) is 0 Å². The molecule has 1 N–H and O–H groups in total. The first-order valence-corrected chi connectivity index (χ1v) is 7.41. The fourth-order valence-electron chi connectivity index (χ4n) is 2.09. The molecule has 0 fully saturated rings. The number of hydrogen-bond donors (Lipinski definition) is 1. The summed E-state index contributed by atoms with van der Waals surface area (Å²) in [6, 6.07) is 10.6. The summed E-state index contributed by atoms with van der Waals surface area (Å²) >= 11 is 1.68. The SMILES string of the molecule is Cc1nc(-c2ccc(NC(C)c3ccoc3)cc2)cs1.